The van der Waals surface area contributed by atoms with E-state index in [0.29, 0.717) is 0 Å². The summed E-state index contributed by atoms with van der Waals surface area (Å²) in [7, 11) is 0. The normalized spacial score (nSPS) is 11.6. The molecular weight excluding hydrogens is 605 g/mol. The standard InChI is InChI=1S/C48H30N2/c1-2-10-32(11-3-1)44-28-24-34-22-23-35-25-29-45(50-48(35)47(34)49-44)33-20-18-31(19-21-33)38-26-27-43(42-17-9-8-16-41(38)42)46-39-14-6-4-12-36(39)30-37-13-5-7-15-40(37)46/h1-30H. The zero-order chi connectivity index (χ0) is 33.0. The van der Waals surface area contributed by atoms with E-state index in [1.807, 2.05) is 18.2 Å². The highest BCUT2D eigenvalue weighted by molar-refractivity contribution is 6.18. The highest BCUT2D eigenvalue weighted by Crippen LogP contribution is 2.42. The Bertz CT molecular complexity index is 2850. The lowest BCUT2D eigenvalue weighted by atomic mass is 9.87. The molecule has 0 N–H and O–H groups in total. The van der Waals surface area contributed by atoms with E-state index in [1.54, 1.807) is 0 Å². The molecule has 50 heavy (non-hydrogen) atoms. The first-order valence-electron chi connectivity index (χ1n) is 17.1. The largest absolute Gasteiger partial charge is 0.245 e. The summed E-state index contributed by atoms with van der Waals surface area (Å²) >= 11 is 0. The zero-order valence-electron chi connectivity index (χ0n) is 27.2. The second kappa shape index (κ2) is 11.5. The van der Waals surface area contributed by atoms with Crippen molar-refractivity contribution in [1.29, 1.82) is 0 Å². The van der Waals surface area contributed by atoms with Crippen LogP contribution in [0, 0.1) is 0 Å². The SMILES string of the molecule is c1ccc(-c2ccc3ccc4ccc(-c5ccc(-c6ccc(-c7c8ccccc8cc8ccccc78)c7ccccc67)cc5)nc4c3n2)cc1. The van der Waals surface area contributed by atoms with Gasteiger partial charge in [0.05, 0.1) is 22.4 Å². The van der Waals surface area contributed by atoms with Gasteiger partial charge in [0.2, 0.25) is 0 Å². The van der Waals surface area contributed by atoms with Crippen molar-refractivity contribution in [2.24, 2.45) is 0 Å². The summed E-state index contributed by atoms with van der Waals surface area (Å²) < 4.78 is 0. The molecule has 2 aromatic heterocycles. The highest BCUT2D eigenvalue weighted by atomic mass is 14.8. The molecular formula is C48H30N2. The molecule has 10 rings (SSSR count). The maximum Gasteiger partial charge on any atom is 0.0972 e. The van der Waals surface area contributed by atoms with Crippen LogP contribution in [0.2, 0.25) is 0 Å². The van der Waals surface area contributed by atoms with Gasteiger partial charge < -0.3 is 0 Å². The summed E-state index contributed by atoms with van der Waals surface area (Å²) in [4.78, 5) is 10.3. The first-order valence-corrected chi connectivity index (χ1v) is 17.1. The number of hydrogen-bond acceptors (Lipinski definition) is 2. The predicted octanol–water partition coefficient (Wildman–Crippen LogP) is 12.9. The van der Waals surface area contributed by atoms with Gasteiger partial charge in [-0.05, 0) is 72.8 Å². The molecule has 0 aliphatic heterocycles. The number of rotatable bonds is 4. The molecule has 2 heteroatoms. The fraction of sp³-hybridized carbons (Fsp3) is 0. The lowest BCUT2D eigenvalue weighted by Gasteiger charge is -2.16. The molecule has 2 nitrogen and oxygen atoms in total. The topological polar surface area (TPSA) is 25.8 Å². The van der Waals surface area contributed by atoms with Gasteiger partial charge >= 0.3 is 0 Å². The molecule has 0 bridgehead atoms. The second-order valence-electron chi connectivity index (χ2n) is 12.9. The minimum absolute atomic E-state index is 0.921. The van der Waals surface area contributed by atoms with Crippen LogP contribution in [0.3, 0.4) is 0 Å². The summed E-state index contributed by atoms with van der Waals surface area (Å²) in [6.45, 7) is 0. The highest BCUT2D eigenvalue weighted by Gasteiger charge is 2.15. The Balaban J connectivity index is 1.07. The van der Waals surface area contributed by atoms with E-state index in [-0.39, 0.29) is 0 Å². The third-order valence-corrected chi connectivity index (χ3v) is 10.0. The van der Waals surface area contributed by atoms with E-state index in [4.69, 9.17) is 9.97 Å². The van der Waals surface area contributed by atoms with E-state index in [2.05, 4.69) is 164 Å². The predicted molar refractivity (Wildman–Crippen MR) is 211 cm³/mol. The molecule has 0 spiro atoms. The summed E-state index contributed by atoms with van der Waals surface area (Å²) in [6.07, 6.45) is 0. The molecule has 0 atom stereocenters. The van der Waals surface area contributed by atoms with Crippen molar-refractivity contribution >= 4 is 54.1 Å². The molecule has 2 heterocycles. The average Bonchev–Trinajstić information content (AvgIpc) is 3.19. The molecule has 0 aliphatic rings. The van der Waals surface area contributed by atoms with Crippen LogP contribution in [-0.4, -0.2) is 9.97 Å². The van der Waals surface area contributed by atoms with Crippen LogP contribution in [0.1, 0.15) is 0 Å². The zero-order valence-corrected chi connectivity index (χ0v) is 27.2. The molecule has 0 fully saturated rings. The Hall–Kier alpha value is -6.64. The monoisotopic (exact) mass is 634 g/mol. The number of pyridine rings is 2. The molecule has 10 aromatic rings. The van der Waals surface area contributed by atoms with Gasteiger partial charge in [0, 0.05) is 21.9 Å². The maximum absolute atomic E-state index is 5.19. The molecule has 8 aromatic carbocycles. The van der Waals surface area contributed by atoms with Crippen molar-refractivity contribution in [2.45, 2.75) is 0 Å². The van der Waals surface area contributed by atoms with E-state index in [9.17, 15) is 0 Å². The van der Waals surface area contributed by atoms with Crippen LogP contribution in [0.25, 0.3) is 98.9 Å². The summed E-state index contributed by atoms with van der Waals surface area (Å²) in [6, 6.07) is 65.1. The molecule has 0 aliphatic carbocycles. The van der Waals surface area contributed by atoms with Crippen molar-refractivity contribution in [3.05, 3.63) is 182 Å². The lowest BCUT2D eigenvalue weighted by Crippen LogP contribution is -1.91. The molecule has 0 unspecified atom stereocenters. The molecule has 232 valence electrons. The molecule has 0 amide bonds. The third kappa shape index (κ3) is 4.65. The van der Waals surface area contributed by atoms with Crippen molar-refractivity contribution in [3.8, 4) is 44.8 Å². The van der Waals surface area contributed by atoms with Crippen LogP contribution in [-0.2, 0) is 0 Å². The quantitative estimate of drug-likeness (QED) is 0.142. The van der Waals surface area contributed by atoms with Gasteiger partial charge in [0.25, 0.3) is 0 Å². The molecule has 0 radical (unpaired) electrons. The first kappa shape index (κ1) is 28.4. The minimum atomic E-state index is 0.921. The maximum atomic E-state index is 5.19. The van der Waals surface area contributed by atoms with Crippen molar-refractivity contribution in [3.63, 3.8) is 0 Å². The molecule has 0 saturated carbocycles. The fourth-order valence-electron chi connectivity index (χ4n) is 7.59. The van der Waals surface area contributed by atoms with Crippen LogP contribution < -0.4 is 0 Å². The fourth-order valence-corrected chi connectivity index (χ4v) is 7.59. The van der Waals surface area contributed by atoms with Gasteiger partial charge in [-0.2, -0.15) is 0 Å². The van der Waals surface area contributed by atoms with Gasteiger partial charge in [0.15, 0.2) is 0 Å². The Kier molecular flexibility index (Phi) is 6.53. The van der Waals surface area contributed by atoms with E-state index < -0.39 is 0 Å². The van der Waals surface area contributed by atoms with E-state index >= 15 is 0 Å². The third-order valence-electron chi connectivity index (χ3n) is 10.0. The van der Waals surface area contributed by atoms with Gasteiger partial charge in [-0.3, -0.25) is 0 Å². The Morgan fingerprint density at radius 1 is 0.280 bits per heavy atom. The minimum Gasteiger partial charge on any atom is -0.245 e. The van der Waals surface area contributed by atoms with Crippen molar-refractivity contribution < 1.29 is 0 Å². The summed E-state index contributed by atoms with van der Waals surface area (Å²) in [5, 5.41) is 9.73. The Morgan fingerprint density at radius 2 is 0.720 bits per heavy atom. The second-order valence-corrected chi connectivity index (χ2v) is 12.9. The van der Waals surface area contributed by atoms with E-state index in [1.165, 1.54) is 54.6 Å². The summed E-state index contributed by atoms with van der Waals surface area (Å²) in [5.74, 6) is 0. The van der Waals surface area contributed by atoms with Gasteiger partial charge in [-0.25, -0.2) is 9.97 Å². The Morgan fingerprint density at radius 3 is 1.32 bits per heavy atom. The number of hydrogen-bond donors (Lipinski definition) is 0. The van der Waals surface area contributed by atoms with Crippen molar-refractivity contribution in [2.75, 3.05) is 0 Å². The summed E-state index contributed by atoms with van der Waals surface area (Å²) in [5.41, 5.74) is 10.9. The van der Waals surface area contributed by atoms with Crippen LogP contribution in [0.5, 0.6) is 0 Å². The Labute approximate surface area is 290 Å². The molecule has 0 saturated heterocycles. The van der Waals surface area contributed by atoms with Gasteiger partial charge in [-0.15, -0.1) is 0 Å². The van der Waals surface area contributed by atoms with Crippen LogP contribution >= 0.6 is 0 Å². The first-order chi connectivity index (χ1) is 24.8. The number of fused-ring (bicyclic) bond motifs is 6. The number of benzene rings is 8. The smallest absolute Gasteiger partial charge is 0.0972 e. The van der Waals surface area contributed by atoms with Crippen LogP contribution in [0.4, 0.5) is 0 Å². The van der Waals surface area contributed by atoms with Crippen LogP contribution in [0.15, 0.2) is 182 Å². The number of nitrogens with zero attached hydrogens (tertiary/aromatic N) is 2. The lowest BCUT2D eigenvalue weighted by molar-refractivity contribution is 1.36. The van der Waals surface area contributed by atoms with E-state index in [0.717, 1.165) is 44.3 Å². The van der Waals surface area contributed by atoms with Crippen molar-refractivity contribution in [1.82, 2.24) is 9.97 Å². The van der Waals surface area contributed by atoms with Gasteiger partial charge in [-0.1, -0.05) is 164 Å². The average molecular weight is 635 g/mol. The number of aromatic nitrogens is 2. The van der Waals surface area contributed by atoms with Gasteiger partial charge in [0.1, 0.15) is 0 Å².